The highest BCUT2D eigenvalue weighted by atomic mass is 32.2. The first kappa shape index (κ1) is 17.0. The van der Waals surface area contributed by atoms with Gasteiger partial charge in [0.25, 0.3) is 0 Å². The number of fused-ring (bicyclic) bond motifs is 2. The fraction of sp³-hybridized carbons (Fsp3) is 0.227. The first-order valence-electron chi connectivity index (χ1n) is 9.26. The van der Waals surface area contributed by atoms with Crippen molar-refractivity contribution in [2.45, 2.75) is 38.8 Å². The molecule has 0 saturated carbocycles. The molecule has 1 saturated heterocycles. The third kappa shape index (κ3) is 3.30. The van der Waals surface area contributed by atoms with Gasteiger partial charge in [-0.3, -0.25) is 4.79 Å². The Hall–Kier alpha value is -2.11. The van der Waals surface area contributed by atoms with E-state index in [-0.39, 0.29) is 5.43 Å². The van der Waals surface area contributed by atoms with Crippen LogP contribution in [0.1, 0.15) is 19.3 Å². The summed E-state index contributed by atoms with van der Waals surface area (Å²) in [6.07, 6.45) is 3.55. The summed E-state index contributed by atoms with van der Waals surface area (Å²) in [5.41, 5.74) is 0.999. The number of piperidine rings is 1. The topological polar surface area (TPSA) is 33.5 Å². The normalized spacial score (nSPS) is 15.9. The zero-order chi connectivity index (χ0) is 18.2. The first-order chi connectivity index (χ1) is 13.3. The molecule has 3 aromatic rings. The van der Waals surface area contributed by atoms with Gasteiger partial charge in [0, 0.05) is 50.4 Å². The van der Waals surface area contributed by atoms with Crippen molar-refractivity contribution < 1.29 is 4.42 Å². The van der Waals surface area contributed by atoms with Crippen LogP contribution in [0.3, 0.4) is 0 Å². The number of anilines is 1. The molecule has 0 spiro atoms. The Kier molecular flexibility index (Phi) is 4.50. The van der Waals surface area contributed by atoms with Gasteiger partial charge in [-0.2, -0.15) is 0 Å². The SMILES string of the molecule is O=c1cc(-c2cccc3c2Sc2ccccc2S3)oc(N2CCCCC2)c1. The maximum Gasteiger partial charge on any atom is 0.199 e. The third-order valence-corrected chi connectivity index (χ3v) is 7.56. The van der Waals surface area contributed by atoms with Crippen LogP contribution < -0.4 is 10.3 Å². The van der Waals surface area contributed by atoms with Gasteiger partial charge in [-0.25, -0.2) is 0 Å². The van der Waals surface area contributed by atoms with E-state index in [4.69, 9.17) is 4.42 Å². The molecule has 2 aliphatic heterocycles. The monoisotopic (exact) mass is 393 g/mol. The van der Waals surface area contributed by atoms with Crippen LogP contribution in [0.15, 0.2) is 83.4 Å². The van der Waals surface area contributed by atoms with Crippen molar-refractivity contribution in [3.63, 3.8) is 0 Å². The van der Waals surface area contributed by atoms with Crippen LogP contribution in [0, 0.1) is 0 Å². The lowest BCUT2D eigenvalue weighted by Gasteiger charge is -2.27. The molecule has 0 atom stereocenters. The molecule has 0 bridgehead atoms. The minimum Gasteiger partial charge on any atom is -0.440 e. The summed E-state index contributed by atoms with van der Waals surface area (Å²) in [4.78, 5) is 19.5. The molecule has 1 fully saturated rings. The maximum atomic E-state index is 12.4. The van der Waals surface area contributed by atoms with Crippen LogP contribution in [0.4, 0.5) is 5.88 Å². The first-order valence-corrected chi connectivity index (χ1v) is 10.9. The van der Waals surface area contributed by atoms with Gasteiger partial charge in [0.05, 0.1) is 0 Å². The summed E-state index contributed by atoms with van der Waals surface area (Å²) in [6, 6.07) is 17.9. The molecule has 0 aliphatic carbocycles. The molecular formula is C22H19NO2S2. The fourth-order valence-corrected chi connectivity index (χ4v) is 5.99. The molecular weight excluding hydrogens is 374 g/mol. The smallest absolute Gasteiger partial charge is 0.199 e. The van der Waals surface area contributed by atoms with Crippen molar-refractivity contribution in [1.29, 1.82) is 0 Å². The molecule has 5 rings (SSSR count). The van der Waals surface area contributed by atoms with Gasteiger partial charge in [-0.1, -0.05) is 47.8 Å². The van der Waals surface area contributed by atoms with Gasteiger partial charge in [-0.05, 0) is 37.5 Å². The summed E-state index contributed by atoms with van der Waals surface area (Å²) in [5.74, 6) is 1.36. The molecule has 0 radical (unpaired) electrons. The second kappa shape index (κ2) is 7.13. The van der Waals surface area contributed by atoms with Gasteiger partial charge in [0.1, 0.15) is 5.76 Å². The summed E-state index contributed by atoms with van der Waals surface area (Å²) in [5, 5.41) is 0. The Labute approximate surface area is 166 Å². The summed E-state index contributed by atoms with van der Waals surface area (Å²) in [7, 11) is 0. The van der Waals surface area contributed by atoms with Crippen LogP contribution in [0.25, 0.3) is 11.3 Å². The highest BCUT2D eigenvalue weighted by Gasteiger charge is 2.22. The predicted octanol–water partition coefficient (Wildman–Crippen LogP) is 5.91. The van der Waals surface area contributed by atoms with Gasteiger partial charge in [0.2, 0.25) is 0 Å². The van der Waals surface area contributed by atoms with E-state index in [1.807, 2.05) is 6.07 Å². The number of benzene rings is 2. The van der Waals surface area contributed by atoms with E-state index < -0.39 is 0 Å². The number of hydrogen-bond donors (Lipinski definition) is 0. The molecule has 27 heavy (non-hydrogen) atoms. The van der Waals surface area contributed by atoms with Crippen LogP contribution in [-0.2, 0) is 0 Å². The Balaban J connectivity index is 1.58. The molecule has 1 aromatic heterocycles. The summed E-state index contributed by atoms with van der Waals surface area (Å²) >= 11 is 3.53. The second-order valence-corrected chi connectivity index (χ2v) is 8.96. The average molecular weight is 394 g/mol. The van der Waals surface area contributed by atoms with Crippen LogP contribution >= 0.6 is 23.5 Å². The van der Waals surface area contributed by atoms with Gasteiger partial charge in [-0.15, -0.1) is 0 Å². The van der Waals surface area contributed by atoms with E-state index in [0.717, 1.165) is 31.5 Å². The highest BCUT2D eigenvalue weighted by Crippen LogP contribution is 2.51. The third-order valence-electron chi connectivity index (χ3n) is 4.95. The summed E-state index contributed by atoms with van der Waals surface area (Å²) < 4.78 is 6.24. The molecule has 0 unspecified atom stereocenters. The molecule has 5 heteroatoms. The lowest BCUT2D eigenvalue weighted by atomic mass is 10.1. The van der Waals surface area contributed by atoms with E-state index in [1.54, 1.807) is 35.7 Å². The van der Waals surface area contributed by atoms with Crippen molar-refractivity contribution in [2.75, 3.05) is 18.0 Å². The minimum absolute atomic E-state index is 0.00305. The molecule has 3 nitrogen and oxygen atoms in total. The quantitative estimate of drug-likeness (QED) is 0.423. The zero-order valence-corrected chi connectivity index (χ0v) is 16.4. The Bertz CT molecular complexity index is 1050. The van der Waals surface area contributed by atoms with E-state index >= 15 is 0 Å². The molecule has 2 aliphatic rings. The van der Waals surface area contributed by atoms with Crippen molar-refractivity contribution in [3.05, 3.63) is 64.8 Å². The molecule has 0 amide bonds. The average Bonchev–Trinajstić information content (AvgIpc) is 2.72. The zero-order valence-electron chi connectivity index (χ0n) is 14.8. The van der Waals surface area contributed by atoms with Gasteiger partial charge >= 0.3 is 0 Å². The van der Waals surface area contributed by atoms with Crippen LogP contribution in [0.2, 0.25) is 0 Å². The van der Waals surface area contributed by atoms with E-state index in [0.29, 0.717) is 11.6 Å². The Morgan fingerprint density at radius 1 is 0.815 bits per heavy atom. The lowest BCUT2D eigenvalue weighted by Crippen LogP contribution is -2.30. The summed E-state index contributed by atoms with van der Waals surface area (Å²) in [6.45, 7) is 1.91. The maximum absolute atomic E-state index is 12.4. The standard InChI is InChI=1S/C22H19NO2S2/c24-15-13-17(25-21(14-15)23-11-4-1-5-12-23)16-7-6-10-20-22(16)27-19-9-3-2-8-18(19)26-20/h2-3,6-10,13-14H,1,4-5,11-12H2. The number of hydrogen-bond acceptors (Lipinski definition) is 5. The van der Waals surface area contributed by atoms with Crippen molar-refractivity contribution in [3.8, 4) is 11.3 Å². The Morgan fingerprint density at radius 2 is 1.56 bits per heavy atom. The van der Waals surface area contributed by atoms with Crippen LogP contribution in [0.5, 0.6) is 0 Å². The Morgan fingerprint density at radius 3 is 2.37 bits per heavy atom. The lowest BCUT2D eigenvalue weighted by molar-refractivity contribution is 0.496. The molecule has 0 N–H and O–H groups in total. The fourth-order valence-electron chi connectivity index (χ4n) is 3.61. The van der Waals surface area contributed by atoms with E-state index in [9.17, 15) is 4.79 Å². The van der Waals surface area contributed by atoms with Crippen molar-refractivity contribution in [1.82, 2.24) is 0 Å². The van der Waals surface area contributed by atoms with Crippen LogP contribution in [-0.4, -0.2) is 13.1 Å². The predicted molar refractivity (Wildman–Crippen MR) is 111 cm³/mol. The minimum atomic E-state index is 0.00305. The van der Waals surface area contributed by atoms with Crippen molar-refractivity contribution in [2.24, 2.45) is 0 Å². The number of nitrogens with zero attached hydrogens (tertiary/aromatic N) is 1. The van der Waals surface area contributed by atoms with Crippen molar-refractivity contribution >= 4 is 29.4 Å². The van der Waals surface area contributed by atoms with E-state index in [1.165, 1.54) is 26.0 Å². The number of rotatable bonds is 2. The highest BCUT2D eigenvalue weighted by molar-refractivity contribution is 8.05. The molecule has 136 valence electrons. The molecule has 2 aromatic carbocycles. The van der Waals surface area contributed by atoms with E-state index in [2.05, 4.69) is 41.3 Å². The molecule has 3 heterocycles. The largest absolute Gasteiger partial charge is 0.440 e. The van der Waals surface area contributed by atoms with Gasteiger partial charge in [0.15, 0.2) is 11.3 Å². The second-order valence-electron chi connectivity index (χ2n) is 6.83. The van der Waals surface area contributed by atoms with Gasteiger partial charge < -0.3 is 9.32 Å².